The van der Waals surface area contributed by atoms with Gasteiger partial charge in [0, 0.05) is 6.04 Å². The van der Waals surface area contributed by atoms with Crippen LogP contribution in [0.4, 0.5) is 0 Å². The third-order valence-electron chi connectivity index (χ3n) is 5.76. The smallest absolute Gasteiger partial charge is 0.0647 e. The highest BCUT2D eigenvalue weighted by molar-refractivity contribution is 5.31. The Balaban J connectivity index is 1.83. The van der Waals surface area contributed by atoms with Crippen molar-refractivity contribution in [1.29, 1.82) is 0 Å². The van der Waals surface area contributed by atoms with E-state index in [0.29, 0.717) is 17.9 Å². The fraction of sp³-hybridized carbons (Fsp3) is 0.667. The molecule has 21 heavy (non-hydrogen) atoms. The van der Waals surface area contributed by atoms with Gasteiger partial charge in [-0.25, -0.2) is 0 Å². The Labute approximate surface area is 127 Å². The SMILES string of the molecule is CCC(CO)(CO)NC1C2CCC1Cc1ccccc1C2. The van der Waals surface area contributed by atoms with Crippen LogP contribution < -0.4 is 5.32 Å². The highest BCUT2D eigenvalue weighted by Crippen LogP contribution is 2.40. The normalized spacial score (nSPS) is 28.2. The fourth-order valence-corrected chi connectivity index (χ4v) is 4.21. The first-order valence-electron chi connectivity index (χ1n) is 8.27. The van der Waals surface area contributed by atoms with E-state index in [4.69, 9.17) is 0 Å². The molecular formula is C18H27NO2. The number of benzene rings is 1. The quantitative estimate of drug-likeness (QED) is 0.776. The first kappa shape index (κ1) is 15.0. The van der Waals surface area contributed by atoms with E-state index >= 15 is 0 Å². The van der Waals surface area contributed by atoms with E-state index in [2.05, 4.69) is 29.6 Å². The molecule has 1 saturated carbocycles. The average Bonchev–Trinajstić information content (AvgIpc) is 2.79. The molecular weight excluding hydrogens is 262 g/mol. The Kier molecular flexibility index (Phi) is 4.34. The predicted molar refractivity (Wildman–Crippen MR) is 84.2 cm³/mol. The van der Waals surface area contributed by atoms with Crippen molar-refractivity contribution < 1.29 is 10.2 Å². The lowest BCUT2D eigenvalue weighted by atomic mass is 9.89. The van der Waals surface area contributed by atoms with Gasteiger partial charge in [-0.05, 0) is 55.1 Å². The number of aliphatic hydroxyl groups excluding tert-OH is 2. The minimum absolute atomic E-state index is 0.00287. The molecule has 0 saturated heterocycles. The lowest BCUT2D eigenvalue weighted by Crippen LogP contribution is -2.58. The molecule has 0 aromatic heterocycles. The lowest BCUT2D eigenvalue weighted by molar-refractivity contribution is 0.0666. The average molecular weight is 289 g/mol. The van der Waals surface area contributed by atoms with Crippen LogP contribution in [-0.2, 0) is 12.8 Å². The Hall–Kier alpha value is -0.900. The molecule has 2 unspecified atom stereocenters. The van der Waals surface area contributed by atoms with E-state index in [1.807, 2.05) is 6.92 Å². The molecule has 2 atom stereocenters. The van der Waals surface area contributed by atoms with E-state index in [1.165, 1.54) is 24.0 Å². The van der Waals surface area contributed by atoms with Crippen LogP contribution in [0.15, 0.2) is 24.3 Å². The standard InChI is InChI=1S/C18H27NO2/c1-2-18(11-20,12-21)19-17-15-7-8-16(17)10-14-6-4-3-5-13(14)9-15/h3-6,15-17,19-21H,2,7-12H2,1H3. The molecule has 0 radical (unpaired) electrons. The molecule has 1 aromatic carbocycles. The molecule has 0 spiro atoms. The zero-order valence-corrected chi connectivity index (χ0v) is 12.9. The van der Waals surface area contributed by atoms with E-state index in [9.17, 15) is 10.2 Å². The van der Waals surface area contributed by atoms with Gasteiger partial charge in [-0.15, -0.1) is 0 Å². The molecule has 2 aliphatic rings. The zero-order valence-electron chi connectivity index (χ0n) is 12.9. The maximum absolute atomic E-state index is 9.72. The minimum Gasteiger partial charge on any atom is -0.394 e. The number of hydrogen-bond acceptors (Lipinski definition) is 3. The third-order valence-corrected chi connectivity index (χ3v) is 5.76. The minimum atomic E-state index is -0.526. The number of nitrogens with one attached hydrogen (secondary N) is 1. The molecule has 2 aliphatic carbocycles. The highest BCUT2D eigenvalue weighted by Gasteiger charge is 2.42. The molecule has 1 fully saturated rings. The van der Waals surface area contributed by atoms with E-state index < -0.39 is 5.54 Å². The summed E-state index contributed by atoms with van der Waals surface area (Å²) < 4.78 is 0. The fourth-order valence-electron chi connectivity index (χ4n) is 4.21. The summed E-state index contributed by atoms with van der Waals surface area (Å²) in [5.74, 6) is 1.25. The Morgan fingerprint density at radius 3 is 2.00 bits per heavy atom. The van der Waals surface area contributed by atoms with E-state index in [0.717, 1.165) is 19.3 Å². The van der Waals surface area contributed by atoms with Crippen LogP contribution in [0.5, 0.6) is 0 Å². The summed E-state index contributed by atoms with van der Waals surface area (Å²) in [4.78, 5) is 0. The second-order valence-electron chi connectivity index (χ2n) is 6.89. The summed E-state index contributed by atoms with van der Waals surface area (Å²) in [5, 5.41) is 23.1. The Morgan fingerprint density at radius 1 is 1.05 bits per heavy atom. The van der Waals surface area contributed by atoms with Crippen molar-refractivity contribution in [3.8, 4) is 0 Å². The van der Waals surface area contributed by atoms with Gasteiger partial charge < -0.3 is 15.5 Å². The Bertz CT molecular complexity index is 443. The maximum Gasteiger partial charge on any atom is 0.0647 e. The van der Waals surface area contributed by atoms with Crippen molar-refractivity contribution in [2.75, 3.05) is 13.2 Å². The number of rotatable bonds is 5. The van der Waals surface area contributed by atoms with Crippen LogP contribution in [-0.4, -0.2) is 35.0 Å². The number of hydrogen-bond donors (Lipinski definition) is 3. The monoisotopic (exact) mass is 289 g/mol. The molecule has 3 rings (SSSR count). The summed E-state index contributed by atoms with van der Waals surface area (Å²) in [6.07, 6.45) is 5.52. The van der Waals surface area contributed by atoms with Gasteiger partial charge in [-0.3, -0.25) is 0 Å². The lowest BCUT2D eigenvalue weighted by Gasteiger charge is -2.37. The van der Waals surface area contributed by atoms with Crippen molar-refractivity contribution in [2.24, 2.45) is 11.8 Å². The topological polar surface area (TPSA) is 52.5 Å². The molecule has 0 heterocycles. The van der Waals surface area contributed by atoms with Gasteiger partial charge in [-0.2, -0.15) is 0 Å². The van der Waals surface area contributed by atoms with Crippen LogP contribution in [0.25, 0.3) is 0 Å². The molecule has 2 bridgehead atoms. The van der Waals surface area contributed by atoms with Crippen LogP contribution in [0.1, 0.15) is 37.3 Å². The molecule has 116 valence electrons. The van der Waals surface area contributed by atoms with Gasteiger partial charge in [0.2, 0.25) is 0 Å². The van der Waals surface area contributed by atoms with Gasteiger partial charge >= 0.3 is 0 Å². The summed E-state index contributed by atoms with van der Waals surface area (Å²) >= 11 is 0. The third kappa shape index (κ3) is 2.75. The van der Waals surface area contributed by atoms with Gasteiger partial charge in [0.05, 0.1) is 18.8 Å². The van der Waals surface area contributed by atoms with E-state index in [1.54, 1.807) is 0 Å². The Morgan fingerprint density at radius 2 is 1.57 bits per heavy atom. The molecule has 3 heteroatoms. The number of fused-ring (bicyclic) bond motifs is 3. The van der Waals surface area contributed by atoms with Crippen LogP contribution in [0, 0.1) is 11.8 Å². The zero-order chi connectivity index (χ0) is 14.9. The first-order chi connectivity index (χ1) is 10.2. The van der Waals surface area contributed by atoms with Gasteiger partial charge in [0.1, 0.15) is 0 Å². The predicted octanol–water partition coefficient (Wildman–Crippen LogP) is 1.90. The van der Waals surface area contributed by atoms with Crippen LogP contribution >= 0.6 is 0 Å². The van der Waals surface area contributed by atoms with Crippen molar-refractivity contribution in [3.05, 3.63) is 35.4 Å². The molecule has 0 amide bonds. The van der Waals surface area contributed by atoms with Gasteiger partial charge in [0.25, 0.3) is 0 Å². The maximum atomic E-state index is 9.72. The molecule has 0 aliphatic heterocycles. The van der Waals surface area contributed by atoms with Crippen molar-refractivity contribution >= 4 is 0 Å². The van der Waals surface area contributed by atoms with Gasteiger partial charge in [-0.1, -0.05) is 31.2 Å². The largest absolute Gasteiger partial charge is 0.394 e. The summed E-state index contributed by atoms with van der Waals surface area (Å²) in [7, 11) is 0. The second-order valence-corrected chi connectivity index (χ2v) is 6.89. The van der Waals surface area contributed by atoms with Crippen LogP contribution in [0.3, 0.4) is 0 Å². The summed E-state index contributed by atoms with van der Waals surface area (Å²) in [6.45, 7) is 2.04. The van der Waals surface area contributed by atoms with E-state index in [-0.39, 0.29) is 13.2 Å². The molecule has 3 nitrogen and oxygen atoms in total. The first-order valence-corrected chi connectivity index (χ1v) is 8.27. The highest BCUT2D eigenvalue weighted by atomic mass is 16.3. The van der Waals surface area contributed by atoms with Crippen molar-refractivity contribution in [2.45, 2.75) is 50.6 Å². The van der Waals surface area contributed by atoms with Gasteiger partial charge in [0.15, 0.2) is 0 Å². The second kappa shape index (κ2) is 6.07. The summed E-state index contributed by atoms with van der Waals surface area (Å²) in [6, 6.07) is 9.21. The summed E-state index contributed by atoms with van der Waals surface area (Å²) in [5.41, 5.74) is 2.46. The molecule has 1 aromatic rings. The number of aliphatic hydroxyl groups is 2. The molecule has 3 N–H and O–H groups in total. The van der Waals surface area contributed by atoms with Crippen LogP contribution in [0.2, 0.25) is 0 Å². The van der Waals surface area contributed by atoms with Crippen molar-refractivity contribution in [3.63, 3.8) is 0 Å². The van der Waals surface area contributed by atoms with Crippen molar-refractivity contribution in [1.82, 2.24) is 5.32 Å².